The summed E-state index contributed by atoms with van der Waals surface area (Å²) in [5, 5.41) is 0. The van der Waals surface area contributed by atoms with Crippen LogP contribution in [-0.4, -0.2) is 18.4 Å². The summed E-state index contributed by atoms with van der Waals surface area (Å²) in [5.41, 5.74) is 2.34. The van der Waals surface area contributed by atoms with E-state index in [4.69, 9.17) is 4.74 Å². The molecule has 1 atom stereocenters. The zero-order chi connectivity index (χ0) is 11.1. The second-order valence-corrected chi connectivity index (χ2v) is 4.04. The lowest BCUT2D eigenvalue weighted by atomic mass is 9.82. The van der Waals surface area contributed by atoms with E-state index in [1.54, 1.807) is 6.07 Å². The van der Waals surface area contributed by atoms with Crippen molar-refractivity contribution in [1.82, 2.24) is 0 Å². The molecule has 0 saturated heterocycles. The third-order valence-corrected chi connectivity index (χ3v) is 3.11. The van der Waals surface area contributed by atoms with Gasteiger partial charge in [-0.1, -0.05) is 24.3 Å². The van der Waals surface area contributed by atoms with E-state index >= 15 is 0 Å². The highest BCUT2D eigenvalue weighted by molar-refractivity contribution is 6.01. The van der Waals surface area contributed by atoms with E-state index in [9.17, 15) is 9.59 Å². The highest BCUT2D eigenvalue weighted by Gasteiger charge is 2.32. The molecule has 0 bridgehead atoms. The Labute approximate surface area is 92.7 Å². The van der Waals surface area contributed by atoms with Gasteiger partial charge in [-0.2, -0.15) is 0 Å². The summed E-state index contributed by atoms with van der Waals surface area (Å²) in [6.07, 6.45) is 4.60. The molecule has 0 amide bonds. The number of carbonyl (C=O) groups is 2. The Morgan fingerprint density at radius 3 is 3.00 bits per heavy atom. The van der Waals surface area contributed by atoms with Crippen molar-refractivity contribution >= 4 is 17.8 Å². The SMILES string of the molecule is O=C1OCC(=O)C2CC=Cc3cccc1c32. The molecule has 0 spiro atoms. The van der Waals surface area contributed by atoms with Crippen molar-refractivity contribution in [1.29, 1.82) is 0 Å². The standard InChI is InChI=1S/C13H10O3/c14-11-7-16-13(15)10-6-2-4-8-3-1-5-9(11)12(8)10/h1-4,6,9H,5,7H2. The molecule has 80 valence electrons. The van der Waals surface area contributed by atoms with E-state index in [1.807, 2.05) is 24.3 Å². The minimum atomic E-state index is -0.386. The Balaban J connectivity index is 2.29. The van der Waals surface area contributed by atoms with E-state index in [0.29, 0.717) is 12.0 Å². The number of hydrogen-bond donors (Lipinski definition) is 0. The number of ketones is 1. The molecular formula is C13H10O3. The average Bonchev–Trinajstić information content (AvgIpc) is 2.44. The summed E-state index contributed by atoms with van der Waals surface area (Å²) >= 11 is 0. The number of esters is 1. The Bertz CT molecular complexity index is 514. The first-order chi connectivity index (χ1) is 7.77. The molecule has 0 fully saturated rings. The van der Waals surface area contributed by atoms with Crippen LogP contribution < -0.4 is 0 Å². The van der Waals surface area contributed by atoms with Crippen LogP contribution in [0, 0.1) is 0 Å². The second-order valence-electron chi connectivity index (χ2n) is 4.04. The van der Waals surface area contributed by atoms with Gasteiger partial charge in [0, 0.05) is 0 Å². The van der Waals surface area contributed by atoms with Crippen molar-refractivity contribution in [2.45, 2.75) is 12.3 Å². The molecule has 0 aromatic heterocycles. The van der Waals surface area contributed by atoms with Crippen LogP contribution in [0.4, 0.5) is 0 Å². The van der Waals surface area contributed by atoms with Crippen LogP contribution in [-0.2, 0) is 9.53 Å². The fourth-order valence-electron chi connectivity index (χ4n) is 2.35. The van der Waals surface area contributed by atoms with E-state index in [-0.39, 0.29) is 24.3 Å². The Morgan fingerprint density at radius 2 is 2.12 bits per heavy atom. The van der Waals surface area contributed by atoms with Gasteiger partial charge >= 0.3 is 5.97 Å². The first-order valence-corrected chi connectivity index (χ1v) is 5.26. The Morgan fingerprint density at radius 1 is 1.25 bits per heavy atom. The Hall–Kier alpha value is -1.90. The molecule has 1 unspecified atom stereocenters. The number of Topliss-reactive ketones (excluding diaryl/α,β-unsaturated/α-hetero) is 1. The fraction of sp³-hybridized carbons (Fsp3) is 0.231. The van der Waals surface area contributed by atoms with E-state index in [1.165, 1.54) is 0 Å². The van der Waals surface area contributed by atoms with E-state index in [0.717, 1.165) is 11.1 Å². The number of cyclic esters (lactones) is 1. The maximum Gasteiger partial charge on any atom is 0.338 e. The van der Waals surface area contributed by atoms with E-state index < -0.39 is 0 Å². The molecule has 0 radical (unpaired) electrons. The zero-order valence-electron chi connectivity index (χ0n) is 8.60. The largest absolute Gasteiger partial charge is 0.454 e. The lowest BCUT2D eigenvalue weighted by Gasteiger charge is -2.19. The summed E-state index contributed by atoms with van der Waals surface area (Å²) in [6, 6.07) is 5.47. The molecule has 1 heterocycles. The minimum absolute atomic E-state index is 0.0103. The van der Waals surface area contributed by atoms with Gasteiger partial charge < -0.3 is 4.74 Å². The van der Waals surface area contributed by atoms with Gasteiger partial charge in [-0.05, 0) is 23.6 Å². The molecule has 1 aliphatic heterocycles. The van der Waals surface area contributed by atoms with Gasteiger partial charge in [-0.15, -0.1) is 0 Å². The lowest BCUT2D eigenvalue weighted by Crippen LogP contribution is -2.17. The van der Waals surface area contributed by atoms with Gasteiger partial charge in [0.1, 0.15) is 0 Å². The van der Waals surface area contributed by atoms with Crippen LogP contribution in [0.2, 0.25) is 0 Å². The van der Waals surface area contributed by atoms with Gasteiger partial charge in [0.2, 0.25) is 0 Å². The quantitative estimate of drug-likeness (QED) is 0.620. The third kappa shape index (κ3) is 1.21. The average molecular weight is 214 g/mol. The molecule has 0 saturated carbocycles. The van der Waals surface area contributed by atoms with Crippen LogP contribution in [0.5, 0.6) is 0 Å². The fourth-order valence-corrected chi connectivity index (χ4v) is 2.35. The highest BCUT2D eigenvalue weighted by atomic mass is 16.5. The summed E-state index contributed by atoms with van der Waals surface area (Å²) in [4.78, 5) is 23.5. The van der Waals surface area contributed by atoms with Crippen molar-refractivity contribution in [2.24, 2.45) is 0 Å². The molecule has 16 heavy (non-hydrogen) atoms. The molecule has 1 aromatic rings. The first kappa shape index (κ1) is 9.33. The van der Waals surface area contributed by atoms with E-state index in [2.05, 4.69) is 0 Å². The summed E-state index contributed by atoms with van der Waals surface area (Å²) in [6.45, 7) is -0.106. The molecule has 3 rings (SSSR count). The van der Waals surface area contributed by atoms with Crippen molar-refractivity contribution < 1.29 is 14.3 Å². The van der Waals surface area contributed by atoms with Gasteiger partial charge in [-0.3, -0.25) is 4.79 Å². The topological polar surface area (TPSA) is 43.4 Å². The number of carbonyl (C=O) groups excluding carboxylic acids is 2. The smallest absolute Gasteiger partial charge is 0.338 e. The normalized spacial score (nSPS) is 22.4. The van der Waals surface area contributed by atoms with Crippen LogP contribution in [0.1, 0.15) is 33.8 Å². The van der Waals surface area contributed by atoms with Crippen molar-refractivity contribution in [2.75, 3.05) is 6.61 Å². The number of ether oxygens (including phenoxy) is 1. The molecular weight excluding hydrogens is 204 g/mol. The molecule has 0 N–H and O–H groups in total. The monoisotopic (exact) mass is 214 g/mol. The third-order valence-electron chi connectivity index (χ3n) is 3.11. The number of hydrogen-bond acceptors (Lipinski definition) is 3. The maximum atomic E-state index is 11.8. The molecule has 3 nitrogen and oxygen atoms in total. The Kier molecular flexibility index (Phi) is 1.93. The van der Waals surface area contributed by atoms with Crippen LogP contribution in [0.15, 0.2) is 24.3 Å². The van der Waals surface area contributed by atoms with Gasteiger partial charge in [-0.25, -0.2) is 4.79 Å². The molecule has 1 aromatic carbocycles. The van der Waals surface area contributed by atoms with Crippen molar-refractivity contribution in [3.8, 4) is 0 Å². The highest BCUT2D eigenvalue weighted by Crippen LogP contribution is 2.35. The van der Waals surface area contributed by atoms with Crippen LogP contribution in [0.25, 0.3) is 6.08 Å². The predicted octanol–water partition coefficient (Wildman–Crippen LogP) is 1.93. The number of allylic oxidation sites excluding steroid dienone is 1. The maximum absolute atomic E-state index is 11.8. The predicted molar refractivity (Wildman–Crippen MR) is 58.1 cm³/mol. The molecule has 2 aliphatic rings. The van der Waals surface area contributed by atoms with Crippen molar-refractivity contribution in [3.05, 3.63) is 41.0 Å². The summed E-state index contributed by atoms with van der Waals surface area (Å²) in [5.74, 6) is -0.602. The van der Waals surface area contributed by atoms with Crippen LogP contribution >= 0.6 is 0 Å². The summed E-state index contributed by atoms with van der Waals surface area (Å²) < 4.78 is 4.94. The minimum Gasteiger partial charge on any atom is -0.454 e. The number of rotatable bonds is 0. The van der Waals surface area contributed by atoms with Gasteiger partial charge in [0.05, 0.1) is 11.5 Å². The molecule has 1 aliphatic carbocycles. The van der Waals surface area contributed by atoms with Crippen molar-refractivity contribution in [3.63, 3.8) is 0 Å². The first-order valence-electron chi connectivity index (χ1n) is 5.26. The lowest BCUT2D eigenvalue weighted by molar-refractivity contribution is -0.123. The zero-order valence-corrected chi connectivity index (χ0v) is 8.60. The number of benzene rings is 1. The van der Waals surface area contributed by atoms with Gasteiger partial charge in [0.15, 0.2) is 12.4 Å². The second kappa shape index (κ2) is 3.30. The molecule has 3 heteroatoms. The van der Waals surface area contributed by atoms with Gasteiger partial charge in [0.25, 0.3) is 0 Å². The van der Waals surface area contributed by atoms with Crippen LogP contribution in [0.3, 0.4) is 0 Å². The summed E-state index contributed by atoms with van der Waals surface area (Å²) in [7, 11) is 0.